The molecule has 2 aromatic carbocycles. The molecule has 0 aliphatic carbocycles. The molecule has 0 aliphatic heterocycles. The van der Waals surface area contributed by atoms with Gasteiger partial charge in [0.05, 0.1) is 23.8 Å². The fourth-order valence-corrected chi connectivity index (χ4v) is 2.23. The van der Waals surface area contributed by atoms with Crippen LogP contribution in [-0.4, -0.2) is 30.7 Å². The first-order chi connectivity index (χ1) is 12.9. The summed E-state index contributed by atoms with van der Waals surface area (Å²) in [5, 5.41) is 13.6. The molecule has 0 aliphatic rings. The lowest BCUT2D eigenvalue weighted by Crippen LogP contribution is -2.21. The van der Waals surface area contributed by atoms with Crippen molar-refractivity contribution in [3.05, 3.63) is 52.3 Å². The minimum absolute atomic E-state index is 0.330. The van der Waals surface area contributed by atoms with Gasteiger partial charge in [0.2, 0.25) is 5.75 Å². The summed E-state index contributed by atoms with van der Waals surface area (Å²) in [6.07, 6.45) is 0. The van der Waals surface area contributed by atoms with E-state index in [1.54, 1.807) is 25.1 Å². The Morgan fingerprint density at radius 3 is 2.48 bits per heavy atom. The van der Waals surface area contributed by atoms with Crippen molar-refractivity contribution in [2.75, 3.05) is 25.1 Å². The van der Waals surface area contributed by atoms with Crippen LogP contribution >= 0.6 is 0 Å². The largest absolute Gasteiger partial charge is 0.494 e. The Kier molecular flexibility index (Phi) is 6.93. The number of nitro benzene ring substituents is 1. The Labute approximate surface area is 155 Å². The van der Waals surface area contributed by atoms with E-state index in [2.05, 4.69) is 5.32 Å². The molecule has 27 heavy (non-hydrogen) atoms. The Balaban J connectivity index is 2.11. The van der Waals surface area contributed by atoms with Crippen molar-refractivity contribution in [2.45, 2.75) is 13.8 Å². The summed E-state index contributed by atoms with van der Waals surface area (Å²) in [5.74, 6) is -0.658. The first kappa shape index (κ1) is 20.0. The van der Waals surface area contributed by atoms with E-state index in [1.165, 1.54) is 0 Å². The maximum Gasteiger partial charge on any atom is 0.311 e. The molecule has 9 heteroatoms. The summed E-state index contributed by atoms with van der Waals surface area (Å²) in [6.45, 7) is 3.92. The Hall–Kier alpha value is -3.36. The van der Waals surface area contributed by atoms with E-state index in [4.69, 9.17) is 14.2 Å². The highest BCUT2D eigenvalue weighted by Gasteiger charge is 2.18. The molecule has 0 atom stereocenters. The number of rotatable bonds is 9. The second-order valence-corrected chi connectivity index (χ2v) is 5.23. The minimum Gasteiger partial charge on any atom is -0.494 e. The number of nitrogens with one attached hydrogen (secondary N) is 1. The van der Waals surface area contributed by atoms with Crippen LogP contribution in [0.2, 0.25) is 0 Å². The summed E-state index contributed by atoms with van der Waals surface area (Å²) in [7, 11) is 0. The van der Waals surface area contributed by atoms with Gasteiger partial charge in [0, 0.05) is 18.2 Å². The third-order valence-electron chi connectivity index (χ3n) is 3.31. The number of benzene rings is 2. The van der Waals surface area contributed by atoms with E-state index in [1.807, 2.05) is 6.92 Å². The highest BCUT2D eigenvalue weighted by atomic mass is 19.1. The summed E-state index contributed by atoms with van der Waals surface area (Å²) < 4.78 is 29.3. The number of hydrogen-bond donors (Lipinski definition) is 1. The SMILES string of the molecule is CCOc1ccc(OCC)c(NC(=O)COc2cc(F)ccc2[N+](=O)[O-])c1. The van der Waals surface area contributed by atoms with Crippen LogP contribution < -0.4 is 19.5 Å². The molecule has 144 valence electrons. The molecule has 0 saturated carbocycles. The third kappa shape index (κ3) is 5.56. The topological polar surface area (TPSA) is 99.9 Å². The van der Waals surface area contributed by atoms with Gasteiger partial charge in [-0.3, -0.25) is 14.9 Å². The number of hydrogen-bond acceptors (Lipinski definition) is 6. The average molecular weight is 378 g/mol. The molecule has 0 unspecified atom stereocenters. The first-order valence-electron chi connectivity index (χ1n) is 8.20. The molecule has 2 aromatic rings. The van der Waals surface area contributed by atoms with Crippen LogP contribution in [0, 0.1) is 15.9 Å². The molecular weight excluding hydrogens is 359 g/mol. The monoisotopic (exact) mass is 378 g/mol. The molecule has 1 N–H and O–H groups in total. The average Bonchev–Trinajstić information content (AvgIpc) is 2.62. The molecule has 8 nitrogen and oxygen atoms in total. The molecule has 0 saturated heterocycles. The second kappa shape index (κ2) is 9.37. The van der Waals surface area contributed by atoms with Gasteiger partial charge in [-0.1, -0.05) is 0 Å². The predicted octanol–water partition coefficient (Wildman–Crippen LogP) is 3.55. The van der Waals surface area contributed by atoms with Gasteiger partial charge in [0.1, 0.15) is 17.3 Å². The van der Waals surface area contributed by atoms with E-state index in [0.29, 0.717) is 30.4 Å². The van der Waals surface area contributed by atoms with E-state index in [-0.39, 0.29) is 5.75 Å². The van der Waals surface area contributed by atoms with Gasteiger partial charge in [-0.2, -0.15) is 0 Å². The van der Waals surface area contributed by atoms with Crippen molar-refractivity contribution in [1.82, 2.24) is 0 Å². The molecule has 1 amide bonds. The molecule has 0 spiro atoms. The van der Waals surface area contributed by atoms with Crippen molar-refractivity contribution in [3.63, 3.8) is 0 Å². The molecule has 2 rings (SSSR count). The predicted molar refractivity (Wildman–Crippen MR) is 96.0 cm³/mol. The number of anilines is 1. The van der Waals surface area contributed by atoms with E-state index in [0.717, 1.165) is 18.2 Å². The second-order valence-electron chi connectivity index (χ2n) is 5.23. The van der Waals surface area contributed by atoms with Gasteiger partial charge < -0.3 is 19.5 Å². The van der Waals surface area contributed by atoms with Gasteiger partial charge in [-0.05, 0) is 32.0 Å². The maximum atomic E-state index is 13.3. The molecule has 0 bridgehead atoms. The third-order valence-corrected chi connectivity index (χ3v) is 3.31. The van der Waals surface area contributed by atoms with Crippen LogP contribution in [0.5, 0.6) is 17.2 Å². The summed E-state index contributed by atoms with van der Waals surface area (Å²) in [4.78, 5) is 22.4. The molecule has 0 fully saturated rings. The highest BCUT2D eigenvalue weighted by molar-refractivity contribution is 5.93. The van der Waals surface area contributed by atoms with Crippen LogP contribution in [-0.2, 0) is 4.79 Å². The van der Waals surface area contributed by atoms with Gasteiger partial charge in [-0.25, -0.2) is 4.39 Å². The zero-order valence-corrected chi connectivity index (χ0v) is 14.9. The summed E-state index contributed by atoms with van der Waals surface area (Å²) in [6, 6.07) is 7.73. The normalized spacial score (nSPS) is 10.2. The zero-order chi connectivity index (χ0) is 19.8. The highest BCUT2D eigenvalue weighted by Crippen LogP contribution is 2.30. The van der Waals surface area contributed by atoms with E-state index in [9.17, 15) is 19.3 Å². The maximum absolute atomic E-state index is 13.3. The van der Waals surface area contributed by atoms with Crippen LogP contribution in [0.1, 0.15) is 13.8 Å². The number of amides is 1. The molecular formula is C18H19FN2O6. The number of carbonyl (C=O) groups excluding carboxylic acids is 1. The smallest absolute Gasteiger partial charge is 0.311 e. The quantitative estimate of drug-likeness (QED) is 0.529. The number of carbonyl (C=O) groups is 1. The lowest BCUT2D eigenvalue weighted by Gasteiger charge is -2.14. The van der Waals surface area contributed by atoms with Crippen molar-refractivity contribution in [1.29, 1.82) is 0 Å². The van der Waals surface area contributed by atoms with Crippen LogP contribution in [0.25, 0.3) is 0 Å². The fraction of sp³-hybridized carbons (Fsp3) is 0.278. The van der Waals surface area contributed by atoms with Crippen LogP contribution in [0.4, 0.5) is 15.8 Å². The number of nitrogens with zero attached hydrogens (tertiary/aromatic N) is 1. The molecule has 0 aromatic heterocycles. The minimum atomic E-state index is -0.717. The van der Waals surface area contributed by atoms with E-state index >= 15 is 0 Å². The summed E-state index contributed by atoms with van der Waals surface area (Å²) >= 11 is 0. The summed E-state index contributed by atoms with van der Waals surface area (Å²) in [5.41, 5.74) is -0.0670. The fourth-order valence-electron chi connectivity index (χ4n) is 2.23. The van der Waals surface area contributed by atoms with Crippen LogP contribution in [0.15, 0.2) is 36.4 Å². The van der Waals surface area contributed by atoms with Gasteiger partial charge in [-0.15, -0.1) is 0 Å². The zero-order valence-electron chi connectivity index (χ0n) is 14.9. The number of halogens is 1. The van der Waals surface area contributed by atoms with Crippen molar-refractivity contribution >= 4 is 17.3 Å². The number of nitro groups is 1. The molecule has 0 radical (unpaired) electrons. The van der Waals surface area contributed by atoms with Crippen LogP contribution in [0.3, 0.4) is 0 Å². The van der Waals surface area contributed by atoms with Gasteiger partial charge >= 0.3 is 5.69 Å². The number of ether oxygens (including phenoxy) is 3. The van der Waals surface area contributed by atoms with Crippen molar-refractivity contribution in [2.24, 2.45) is 0 Å². The lowest BCUT2D eigenvalue weighted by atomic mass is 10.2. The standard InChI is InChI=1S/C18H19FN2O6/c1-3-25-13-6-8-16(26-4-2)14(10-13)20-18(22)11-27-17-9-12(19)5-7-15(17)21(23)24/h5-10H,3-4,11H2,1-2H3,(H,20,22). The van der Waals surface area contributed by atoms with E-state index < -0.39 is 28.9 Å². The van der Waals surface area contributed by atoms with Gasteiger partial charge in [0.15, 0.2) is 6.61 Å². The first-order valence-corrected chi connectivity index (χ1v) is 8.20. The van der Waals surface area contributed by atoms with Crippen molar-refractivity contribution < 1.29 is 28.3 Å². The Bertz CT molecular complexity index is 827. The van der Waals surface area contributed by atoms with Crippen molar-refractivity contribution in [3.8, 4) is 17.2 Å². The Morgan fingerprint density at radius 2 is 1.81 bits per heavy atom. The van der Waals surface area contributed by atoms with Gasteiger partial charge in [0.25, 0.3) is 5.91 Å². The lowest BCUT2D eigenvalue weighted by molar-refractivity contribution is -0.385. The molecule has 0 heterocycles. The Morgan fingerprint density at radius 1 is 1.07 bits per heavy atom.